The maximum Gasteiger partial charge on any atom is 0.161 e. The highest BCUT2D eigenvalue weighted by atomic mass is 35.5. The predicted molar refractivity (Wildman–Crippen MR) is 125 cm³/mol. The van der Waals surface area contributed by atoms with Crippen molar-refractivity contribution >= 4 is 17.4 Å². The van der Waals surface area contributed by atoms with Crippen LogP contribution in [0.2, 0.25) is 5.02 Å². The Kier molecular flexibility index (Phi) is 7.59. The van der Waals surface area contributed by atoms with Gasteiger partial charge in [0.2, 0.25) is 0 Å². The SMILES string of the molecule is CCOc1ccccc1Cn1nc(COC(C)(C)C(C)=O)cc1-c1cc(Cl)cc(OC)c1. The van der Waals surface area contributed by atoms with Crippen molar-refractivity contribution < 1.29 is 19.0 Å². The number of Topliss-reactive ketones (excluding diaryl/α,β-unsaturated/α-hetero) is 1. The molecule has 2 aromatic carbocycles. The number of hydrogen-bond acceptors (Lipinski definition) is 5. The van der Waals surface area contributed by atoms with E-state index in [-0.39, 0.29) is 12.4 Å². The highest BCUT2D eigenvalue weighted by Crippen LogP contribution is 2.31. The zero-order valence-corrected chi connectivity index (χ0v) is 19.9. The van der Waals surface area contributed by atoms with Gasteiger partial charge in [-0.15, -0.1) is 0 Å². The first-order chi connectivity index (χ1) is 15.2. The Bertz CT molecular complexity index is 1090. The Morgan fingerprint density at radius 2 is 1.91 bits per heavy atom. The first-order valence-corrected chi connectivity index (χ1v) is 10.9. The van der Waals surface area contributed by atoms with Gasteiger partial charge in [0.05, 0.1) is 38.3 Å². The molecule has 7 heteroatoms. The van der Waals surface area contributed by atoms with Gasteiger partial charge in [-0.1, -0.05) is 29.8 Å². The van der Waals surface area contributed by atoms with Gasteiger partial charge in [0.25, 0.3) is 0 Å². The van der Waals surface area contributed by atoms with Crippen LogP contribution in [0.1, 0.15) is 39.0 Å². The molecule has 0 aliphatic rings. The third-order valence-electron chi connectivity index (χ3n) is 5.25. The lowest BCUT2D eigenvalue weighted by atomic mass is 10.1. The summed E-state index contributed by atoms with van der Waals surface area (Å²) in [6.07, 6.45) is 0. The minimum atomic E-state index is -0.884. The first-order valence-electron chi connectivity index (χ1n) is 10.5. The number of ether oxygens (including phenoxy) is 3. The van der Waals surface area contributed by atoms with E-state index >= 15 is 0 Å². The fourth-order valence-electron chi connectivity index (χ4n) is 3.17. The van der Waals surface area contributed by atoms with Gasteiger partial charge in [-0.3, -0.25) is 9.48 Å². The van der Waals surface area contributed by atoms with E-state index in [1.807, 2.05) is 54.1 Å². The molecule has 3 aromatic rings. The molecule has 0 saturated carbocycles. The summed E-state index contributed by atoms with van der Waals surface area (Å²) in [7, 11) is 1.61. The molecule has 0 radical (unpaired) electrons. The fraction of sp³-hybridized carbons (Fsp3) is 0.360. The fourth-order valence-corrected chi connectivity index (χ4v) is 3.40. The summed E-state index contributed by atoms with van der Waals surface area (Å²) in [6, 6.07) is 15.4. The molecule has 0 spiro atoms. The highest BCUT2D eigenvalue weighted by molar-refractivity contribution is 6.31. The number of benzene rings is 2. The van der Waals surface area contributed by atoms with Crippen LogP contribution in [0.15, 0.2) is 48.5 Å². The van der Waals surface area contributed by atoms with Crippen LogP contribution in [-0.4, -0.2) is 34.9 Å². The van der Waals surface area contributed by atoms with Crippen LogP contribution in [0, 0.1) is 0 Å². The minimum Gasteiger partial charge on any atom is -0.497 e. The molecule has 170 valence electrons. The minimum absolute atomic E-state index is 0.0395. The third-order valence-corrected chi connectivity index (χ3v) is 5.47. The van der Waals surface area contributed by atoms with Gasteiger partial charge < -0.3 is 14.2 Å². The molecule has 0 unspecified atom stereocenters. The second kappa shape index (κ2) is 10.2. The summed E-state index contributed by atoms with van der Waals surface area (Å²) in [4.78, 5) is 11.8. The average Bonchev–Trinajstić information content (AvgIpc) is 3.16. The van der Waals surface area contributed by atoms with Gasteiger partial charge in [-0.05, 0) is 58.0 Å². The largest absolute Gasteiger partial charge is 0.497 e. The van der Waals surface area contributed by atoms with Crippen molar-refractivity contribution in [3.05, 3.63) is 64.8 Å². The third kappa shape index (κ3) is 5.69. The Morgan fingerprint density at radius 3 is 2.59 bits per heavy atom. The van der Waals surface area contributed by atoms with Gasteiger partial charge >= 0.3 is 0 Å². The van der Waals surface area contributed by atoms with E-state index in [0.717, 1.165) is 22.6 Å². The summed E-state index contributed by atoms with van der Waals surface area (Å²) >= 11 is 6.33. The number of carbonyl (C=O) groups is 1. The monoisotopic (exact) mass is 456 g/mol. The van der Waals surface area contributed by atoms with Crippen LogP contribution in [0.5, 0.6) is 11.5 Å². The second-order valence-corrected chi connectivity index (χ2v) is 8.39. The number of hydrogen-bond donors (Lipinski definition) is 0. The number of halogens is 1. The lowest BCUT2D eigenvalue weighted by molar-refractivity contribution is -0.139. The van der Waals surface area contributed by atoms with Crippen LogP contribution in [-0.2, 0) is 22.7 Å². The normalized spacial score (nSPS) is 11.4. The van der Waals surface area contributed by atoms with Crippen LogP contribution in [0.4, 0.5) is 0 Å². The Hall–Kier alpha value is -2.83. The molecule has 0 bridgehead atoms. The van der Waals surface area contributed by atoms with Crippen molar-refractivity contribution in [3.63, 3.8) is 0 Å². The molecule has 0 fully saturated rings. The van der Waals surface area contributed by atoms with Gasteiger partial charge in [-0.2, -0.15) is 5.10 Å². The molecule has 1 aromatic heterocycles. The van der Waals surface area contributed by atoms with Crippen molar-refractivity contribution in [3.8, 4) is 22.8 Å². The maximum atomic E-state index is 11.8. The molecule has 0 N–H and O–H groups in total. The predicted octanol–water partition coefficient (Wildman–Crippen LogP) is 5.54. The topological polar surface area (TPSA) is 62.6 Å². The Labute approximate surface area is 194 Å². The van der Waals surface area contributed by atoms with E-state index in [9.17, 15) is 4.79 Å². The number of methoxy groups -OCH3 is 1. The molecule has 1 heterocycles. The van der Waals surface area contributed by atoms with Crippen molar-refractivity contribution in [2.45, 2.75) is 46.4 Å². The summed E-state index contributed by atoms with van der Waals surface area (Å²) in [5.41, 5.74) is 2.56. The van der Waals surface area contributed by atoms with Crippen molar-refractivity contribution in [2.75, 3.05) is 13.7 Å². The Morgan fingerprint density at radius 1 is 1.16 bits per heavy atom. The molecule has 0 saturated heterocycles. The summed E-state index contributed by atoms with van der Waals surface area (Å²) in [5.74, 6) is 1.43. The van der Waals surface area contributed by atoms with Crippen molar-refractivity contribution in [1.29, 1.82) is 0 Å². The van der Waals surface area contributed by atoms with E-state index in [1.54, 1.807) is 27.0 Å². The lowest BCUT2D eigenvalue weighted by Gasteiger charge is -2.21. The van der Waals surface area contributed by atoms with Gasteiger partial charge in [0.1, 0.15) is 17.1 Å². The second-order valence-electron chi connectivity index (χ2n) is 7.95. The number of nitrogens with zero attached hydrogens (tertiary/aromatic N) is 2. The molecule has 6 nitrogen and oxygen atoms in total. The van der Waals surface area contributed by atoms with Gasteiger partial charge in [0, 0.05) is 16.1 Å². The van der Waals surface area contributed by atoms with E-state index < -0.39 is 5.60 Å². The Balaban J connectivity index is 2.01. The van der Waals surface area contributed by atoms with E-state index in [4.69, 9.17) is 30.9 Å². The summed E-state index contributed by atoms with van der Waals surface area (Å²) in [6.45, 7) is 8.27. The van der Waals surface area contributed by atoms with Crippen LogP contribution < -0.4 is 9.47 Å². The number of para-hydroxylation sites is 1. The molecule has 32 heavy (non-hydrogen) atoms. The lowest BCUT2D eigenvalue weighted by Crippen LogP contribution is -2.32. The summed E-state index contributed by atoms with van der Waals surface area (Å²) in [5, 5.41) is 5.34. The average molecular weight is 457 g/mol. The number of aromatic nitrogens is 2. The maximum absolute atomic E-state index is 11.8. The molecular formula is C25H29ClN2O4. The zero-order valence-electron chi connectivity index (χ0n) is 19.1. The molecule has 0 aliphatic heterocycles. The van der Waals surface area contributed by atoms with Gasteiger partial charge in [0.15, 0.2) is 5.78 Å². The van der Waals surface area contributed by atoms with Gasteiger partial charge in [-0.25, -0.2) is 0 Å². The van der Waals surface area contributed by atoms with Crippen molar-refractivity contribution in [2.24, 2.45) is 0 Å². The molecular weight excluding hydrogens is 428 g/mol. The van der Waals surface area contributed by atoms with Crippen LogP contribution in [0.25, 0.3) is 11.3 Å². The number of rotatable bonds is 10. The van der Waals surface area contributed by atoms with E-state index in [0.29, 0.717) is 29.6 Å². The van der Waals surface area contributed by atoms with Crippen LogP contribution in [0.3, 0.4) is 0 Å². The van der Waals surface area contributed by atoms with E-state index in [1.165, 1.54) is 6.92 Å². The molecule has 0 amide bonds. The first kappa shape index (κ1) is 23.8. The standard InChI is InChI=1S/C25H29ClN2O4/c1-6-31-24-10-8-7-9-18(24)15-28-23(19-11-20(26)13-22(12-19)30-5)14-21(27-28)16-32-25(3,4)17(2)29/h7-14H,6,15-16H2,1-5H3. The van der Waals surface area contributed by atoms with Crippen LogP contribution >= 0.6 is 11.6 Å². The molecule has 0 atom stereocenters. The smallest absolute Gasteiger partial charge is 0.161 e. The number of carbonyl (C=O) groups excluding carboxylic acids is 1. The van der Waals surface area contributed by atoms with Crippen molar-refractivity contribution in [1.82, 2.24) is 9.78 Å². The number of ketones is 1. The molecule has 3 rings (SSSR count). The van der Waals surface area contributed by atoms with E-state index in [2.05, 4.69) is 0 Å². The zero-order chi connectivity index (χ0) is 23.3. The summed E-state index contributed by atoms with van der Waals surface area (Å²) < 4.78 is 18.9. The molecule has 0 aliphatic carbocycles. The quantitative estimate of drug-likeness (QED) is 0.400. The highest BCUT2D eigenvalue weighted by Gasteiger charge is 2.25.